The summed E-state index contributed by atoms with van der Waals surface area (Å²) in [6.45, 7) is 4.91. The SMILES string of the molecule is CCCCCCCCCCNc1ccc(C)cc1[N+](=O)[O-]. The van der Waals surface area contributed by atoms with Crippen LogP contribution in [0.5, 0.6) is 0 Å². The van der Waals surface area contributed by atoms with Gasteiger partial charge >= 0.3 is 0 Å². The highest BCUT2D eigenvalue weighted by Gasteiger charge is 2.12. The molecule has 0 saturated carbocycles. The lowest BCUT2D eigenvalue weighted by Crippen LogP contribution is -2.04. The standard InChI is InChI=1S/C17H28N2O2/c1-3-4-5-6-7-8-9-10-13-18-16-12-11-15(2)14-17(16)19(20)21/h11-12,14,18H,3-10,13H2,1-2H3. The molecule has 0 heterocycles. The molecule has 1 aromatic carbocycles. The van der Waals surface area contributed by atoms with Crippen LogP contribution in [0.4, 0.5) is 11.4 Å². The van der Waals surface area contributed by atoms with E-state index >= 15 is 0 Å². The molecule has 0 saturated heterocycles. The Labute approximate surface area is 128 Å². The second-order valence-corrected chi connectivity index (χ2v) is 5.68. The number of rotatable bonds is 11. The van der Waals surface area contributed by atoms with Crippen molar-refractivity contribution in [3.8, 4) is 0 Å². The maximum absolute atomic E-state index is 11.0. The zero-order valence-corrected chi connectivity index (χ0v) is 13.4. The van der Waals surface area contributed by atoms with Gasteiger partial charge in [0.2, 0.25) is 0 Å². The molecule has 1 N–H and O–H groups in total. The van der Waals surface area contributed by atoms with E-state index in [9.17, 15) is 10.1 Å². The number of nitrogens with zero attached hydrogens (tertiary/aromatic N) is 1. The van der Waals surface area contributed by atoms with E-state index in [-0.39, 0.29) is 10.6 Å². The highest BCUT2D eigenvalue weighted by atomic mass is 16.6. The molecule has 0 radical (unpaired) electrons. The van der Waals surface area contributed by atoms with Crippen molar-refractivity contribution >= 4 is 11.4 Å². The number of hydrogen-bond donors (Lipinski definition) is 1. The second-order valence-electron chi connectivity index (χ2n) is 5.68. The van der Waals surface area contributed by atoms with Crippen LogP contribution in [0.3, 0.4) is 0 Å². The number of benzene rings is 1. The van der Waals surface area contributed by atoms with Crippen molar-refractivity contribution in [2.75, 3.05) is 11.9 Å². The Morgan fingerprint density at radius 3 is 2.29 bits per heavy atom. The molecule has 0 bridgehead atoms. The van der Waals surface area contributed by atoms with Crippen molar-refractivity contribution in [3.63, 3.8) is 0 Å². The average molecular weight is 292 g/mol. The molecule has 0 aliphatic carbocycles. The molecule has 0 aromatic heterocycles. The number of hydrogen-bond acceptors (Lipinski definition) is 3. The molecule has 1 rings (SSSR count). The molecule has 118 valence electrons. The monoisotopic (exact) mass is 292 g/mol. The van der Waals surface area contributed by atoms with Gasteiger partial charge in [0, 0.05) is 12.6 Å². The normalized spacial score (nSPS) is 10.6. The summed E-state index contributed by atoms with van der Waals surface area (Å²) in [5.41, 5.74) is 1.72. The zero-order valence-electron chi connectivity index (χ0n) is 13.4. The van der Waals surface area contributed by atoms with Crippen molar-refractivity contribution in [1.82, 2.24) is 0 Å². The molecular weight excluding hydrogens is 264 g/mol. The van der Waals surface area contributed by atoms with Crippen molar-refractivity contribution in [2.24, 2.45) is 0 Å². The quantitative estimate of drug-likeness (QED) is 0.335. The predicted octanol–water partition coefficient (Wildman–Crippen LogP) is 5.46. The van der Waals surface area contributed by atoms with Crippen LogP contribution in [0.25, 0.3) is 0 Å². The molecule has 0 amide bonds. The minimum atomic E-state index is -0.316. The minimum Gasteiger partial charge on any atom is -0.379 e. The van der Waals surface area contributed by atoms with Crippen molar-refractivity contribution < 1.29 is 4.92 Å². The van der Waals surface area contributed by atoms with E-state index in [4.69, 9.17) is 0 Å². The Kier molecular flexibility index (Phi) is 8.48. The number of nitro benzene ring substituents is 1. The van der Waals surface area contributed by atoms with Crippen molar-refractivity contribution in [3.05, 3.63) is 33.9 Å². The second kappa shape index (κ2) is 10.2. The van der Waals surface area contributed by atoms with Gasteiger partial charge in [0.25, 0.3) is 5.69 Å². The lowest BCUT2D eigenvalue weighted by atomic mass is 10.1. The first kappa shape index (κ1) is 17.5. The maximum Gasteiger partial charge on any atom is 0.292 e. The molecule has 1 aromatic rings. The third-order valence-corrected chi connectivity index (χ3v) is 3.70. The third-order valence-electron chi connectivity index (χ3n) is 3.70. The molecule has 0 unspecified atom stereocenters. The van der Waals surface area contributed by atoms with Gasteiger partial charge in [0.15, 0.2) is 0 Å². The van der Waals surface area contributed by atoms with Gasteiger partial charge in [0.1, 0.15) is 5.69 Å². The fraction of sp³-hybridized carbons (Fsp3) is 0.647. The lowest BCUT2D eigenvalue weighted by Gasteiger charge is -2.07. The number of nitro groups is 1. The van der Waals surface area contributed by atoms with Crippen LogP contribution >= 0.6 is 0 Å². The van der Waals surface area contributed by atoms with E-state index < -0.39 is 0 Å². The highest BCUT2D eigenvalue weighted by Crippen LogP contribution is 2.25. The van der Waals surface area contributed by atoms with Gasteiger partial charge in [-0.25, -0.2) is 0 Å². The van der Waals surface area contributed by atoms with Gasteiger partial charge < -0.3 is 5.32 Å². The molecule has 0 fully saturated rings. The van der Waals surface area contributed by atoms with Crippen LogP contribution in [0.1, 0.15) is 63.9 Å². The van der Waals surface area contributed by atoms with Crippen LogP contribution in [0.15, 0.2) is 18.2 Å². The van der Waals surface area contributed by atoms with Crippen LogP contribution < -0.4 is 5.32 Å². The van der Waals surface area contributed by atoms with Gasteiger partial charge in [-0.15, -0.1) is 0 Å². The Hall–Kier alpha value is -1.58. The zero-order chi connectivity index (χ0) is 15.5. The number of unbranched alkanes of at least 4 members (excludes halogenated alkanes) is 7. The molecular formula is C17H28N2O2. The maximum atomic E-state index is 11.0. The summed E-state index contributed by atoms with van der Waals surface area (Å²) in [5, 5.41) is 14.2. The number of aryl methyl sites for hydroxylation is 1. The van der Waals surface area contributed by atoms with E-state index in [0.29, 0.717) is 5.69 Å². The first-order valence-electron chi connectivity index (χ1n) is 8.14. The van der Waals surface area contributed by atoms with Crippen LogP contribution in [0.2, 0.25) is 0 Å². The summed E-state index contributed by atoms with van der Waals surface area (Å²) in [7, 11) is 0. The molecule has 21 heavy (non-hydrogen) atoms. The molecule has 4 nitrogen and oxygen atoms in total. The molecule has 0 aliphatic heterocycles. The van der Waals surface area contributed by atoms with Crippen LogP contribution in [0, 0.1) is 17.0 Å². The van der Waals surface area contributed by atoms with E-state index in [1.54, 1.807) is 12.1 Å². The summed E-state index contributed by atoms with van der Waals surface area (Å²) in [5.74, 6) is 0. The van der Waals surface area contributed by atoms with E-state index in [2.05, 4.69) is 12.2 Å². The van der Waals surface area contributed by atoms with Gasteiger partial charge in [-0.1, -0.05) is 57.9 Å². The Balaban J connectivity index is 2.20. The summed E-state index contributed by atoms with van der Waals surface area (Å²) in [6.07, 6.45) is 10.2. The molecule has 4 heteroatoms. The fourth-order valence-corrected chi connectivity index (χ4v) is 2.42. The van der Waals surface area contributed by atoms with E-state index in [0.717, 1.165) is 18.5 Å². The van der Waals surface area contributed by atoms with Crippen LogP contribution in [-0.4, -0.2) is 11.5 Å². The Morgan fingerprint density at radius 2 is 1.67 bits per heavy atom. The smallest absolute Gasteiger partial charge is 0.292 e. The largest absolute Gasteiger partial charge is 0.379 e. The third kappa shape index (κ3) is 7.11. The van der Waals surface area contributed by atoms with Crippen molar-refractivity contribution in [1.29, 1.82) is 0 Å². The fourth-order valence-electron chi connectivity index (χ4n) is 2.42. The predicted molar refractivity (Wildman–Crippen MR) is 88.9 cm³/mol. The van der Waals surface area contributed by atoms with E-state index in [1.807, 2.05) is 13.0 Å². The summed E-state index contributed by atoms with van der Waals surface area (Å²) in [4.78, 5) is 10.7. The highest BCUT2D eigenvalue weighted by molar-refractivity contribution is 5.62. The number of nitrogens with one attached hydrogen (secondary N) is 1. The van der Waals surface area contributed by atoms with Crippen molar-refractivity contribution in [2.45, 2.75) is 65.2 Å². The molecule has 0 spiro atoms. The van der Waals surface area contributed by atoms with Gasteiger partial charge in [-0.2, -0.15) is 0 Å². The first-order valence-corrected chi connectivity index (χ1v) is 8.14. The topological polar surface area (TPSA) is 55.2 Å². The first-order chi connectivity index (χ1) is 10.1. The lowest BCUT2D eigenvalue weighted by molar-refractivity contribution is -0.384. The van der Waals surface area contributed by atoms with Gasteiger partial charge in [-0.3, -0.25) is 10.1 Å². The minimum absolute atomic E-state index is 0.176. The summed E-state index contributed by atoms with van der Waals surface area (Å²) in [6, 6.07) is 5.33. The Morgan fingerprint density at radius 1 is 1.05 bits per heavy atom. The summed E-state index contributed by atoms with van der Waals surface area (Å²) < 4.78 is 0. The van der Waals surface area contributed by atoms with E-state index in [1.165, 1.54) is 44.9 Å². The van der Waals surface area contributed by atoms with Gasteiger partial charge in [-0.05, 0) is 25.0 Å². The summed E-state index contributed by atoms with van der Waals surface area (Å²) >= 11 is 0. The van der Waals surface area contributed by atoms with Crippen LogP contribution in [-0.2, 0) is 0 Å². The number of anilines is 1. The Bertz CT molecular complexity index is 433. The molecule has 0 aliphatic rings. The van der Waals surface area contributed by atoms with Gasteiger partial charge in [0.05, 0.1) is 4.92 Å². The molecule has 0 atom stereocenters. The average Bonchev–Trinajstić information content (AvgIpc) is 2.46.